The van der Waals surface area contributed by atoms with Crippen molar-refractivity contribution in [2.45, 2.75) is 18.9 Å². The Kier molecular flexibility index (Phi) is 5.57. The number of carboxylic acid groups (broad SMARTS) is 1. The zero-order chi connectivity index (χ0) is 15.1. The summed E-state index contributed by atoms with van der Waals surface area (Å²) in [6.07, 6.45) is 1.43. The zero-order valence-electron chi connectivity index (χ0n) is 11.8. The van der Waals surface area contributed by atoms with Gasteiger partial charge in [-0.25, -0.2) is 0 Å². The van der Waals surface area contributed by atoms with Crippen LogP contribution in [-0.4, -0.2) is 54.2 Å². The average Bonchev–Trinajstić information content (AvgIpc) is 2.93. The molecular weight excluding hydrogens is 272 g/mol. The highest BCUT2D eigenvalue weighted by molar-refractivity contribution is 5.80. The highest BCUT2D eigenvalue weighted by atomic mass is 16.5. The minimum Gasteiger partial charge on any atom is -0.492 e. The Morgan fingerprint density at radius 3 is 2.81 bits per heavy atom. The molecule has 2 rings (SSSR count). The molecule has 1 aromatic carbocycles. The number of nitrogens with one attached hydrogen (secondary N) is 1. The van der Waals surface area contributed by atoms with Crippen molar-refractivity contribution in [2.75, 3.05) is 26.2 Å². The van der Waals surface area contributed by atoms with Crippen LogP contribution >= 0.6 is 0 Å². The van der Waals surface area contributed by atoms with E-state index in [0.29, 0.717) is 26.1 Å². The van der Waals surface area contributed by atoms with E-state index in [9.17, 15) is 9.59 Å². The van der Waals surface area contributed by atoms with E-state index in [2.05, 4.69) is 5.32 Å². The van der Waals surface area contributed by atoms with Crippen molar-refractivity contribution in [3.63, 3.8) is 0 Å². The molecule has 1 aliphatic rings. The van der Waals surface area contributed by atoms with Gasteiger partial charge in [0.2, 0.25) is 5.91 Å². The van der Waals surface area contributed by atoms with Crippen LogP contribution < -0.4 is 10.1 Å². The SMILES string of the molecule is O=C(CN1CCC[C@H]1C(=O)O)NCCOc1ccccc1. The van der Waals surface area contributed by atoms with Gasteiger partial charge < -0.3 is 15.2 Å². The summed E-state index contributed by atoms with van der Waals surface area (Å²) in [5.41, 5.74) is 0. The van der Waals surface area contributed by atoms with E-state index < -0.39 is 12.0 Å². The van der Waals surface area contributed by atoms with E-state index in [-0.39, 0.29) is 12.5 Å². The summed E-state index contributed by atoms with van der Waals surface area (Å²) in [6.45, 7) is 1.57. The minimum absolute atomic E-state index is 0.127. The van der Waals surface area contributed by atoms with Crippen LogP contribution in [0.3, 0.4) is 0 Å². The first-order chi connectivity index (χ1) is 10.2. The Hall–Kier alpha value is -2.08. The Morgan fingerprint density at radius 1 is 1.33 bits per heavy atom. The van der Waals surface area contributed by atoms with Crippen LogP contribution in [0.1, 0.15) is 12.8 Å². The minimum atomic E-state index is -0.854. The fourth-order valence-electron chi connectivity index (χ4n) is 2.41. The molecule has 0 spiro atoms. The van der Waals surface area contributed by atoms with E-state index >= 15 is 0 Å². The highest BCUT2D eigenvalue weighted by Gasteiger charge is 2.31. The third-order valence-electron chi connectivity index (χ3n) is 3.43. The molecule has 0 aliphatic carbocycles. The lowest BCUT2D eigenvalue weighted by Crippen LogP contribution is -2.43. The fraction of sp³-hybridized carbons (Fsp3) is 0.467. The summed E-state index contributed by atoms with van der Waals surface area (Å²) < 4.78 is 5.46. The van der Waals surface area contributed by atoms with Crippen LogP contribution in [0.4, 0.5) is 0 Å². The number of aliphatic carboxylic acids is 1. The maximum atomic E-state index is 11.8. The number of nitrogens with zero attached hydrogens (tertiary/aromatic N) is 1. The van der Waals surface area contributed by atoms with Gasteiger partial charge in [0.15, 0.2) is 0 Å². The number of ether oxygens (including phenoxy) is 1. The molecule has 114 valence electrons. The quantitative estimate of drug-likeness (QED) is 0.724. The van der Waals surface area contributed by atoms with Crippen LogP contribution in [0.15, 0.2) is 30.3 Å². The van der Waals surface area contributed by atoms with Gasteiger partial charge >= 0.3 is 5.97 Å². The predicted octanol–water partition coefficient (Wildman–Crippen LogP) is 0.731. The van der Waals surface area contributed by atoms with E-state index in [4.69, 9.17) is 9.84 Å². The molecule has 1 atom stereocenters. The second kappa shape index (κ2) is 7.64. The van der Waals surface area contributed by atoms with Crippen LogP contribution in [-0.2, 0) is 9.59 Å². The number of carboxylic acids is 1. The van der Waals surface area contributed by atoms with Gasteiger partial charge in [0.05, 0.1) is 13.1 Å². The summed E-state index contributed by atoms with van der Waals surface area (Å²) in [4.78, 5) is 24.5. The summed E-state index contributed by atoms with van der Waals surface area (Å²) in [5.74, 6) is -0.259. The van der Waals surface area contributed by atoms with Crippen molar-refractivity contribution in [3.05, 3.63) is 30.3 Å². The monoisotopic (exact) mass is 292 g/mol. The molecule has 1 saturated heterocycles. The summed E-state index contributed by atoms with van der Waals surface area (Å²) in [6, 6.07) is 8.84. The maximum Gasteiger partial charge on any atom is 0.320 e. The van der Waals surface area contributed by atoms with Crippen molar-refractivity contribution in [2.24, 2.45) is 0 Å². The lowest BCUT2D eigenvalue weighted by Gasteiger charge is -2.20. The van der Waals surface area contributed by atoms with Crippen molar-refractivity contribution >= 4 is 11.9 Å². The molecule has 0 bridgehead atoms. The third kappa shape index (κ3) is 4.75. The number of para-hydroxylation sites is 1. The average molecular weight is 292 g/mol. The second-order valence-corrected chi connectivity index (χ2v) is 4.98. The molecule has 0 radical (unpaired) electrons. The van der Waals surface area contributed by atoms with Gasteiger partial charge in [-0.1, -0.05) is 18.2 Å². The first kappa shape index (κ1) is 15.3. The highest BCUT2D eigenvalue weighted by Crippen LogP contribution is 2.16. The molecule has 0 unspecified atom stereocenters. The van der Waals surface area contributed by atoms with Gasteiger partial charge in [0.1, 0.15) is 18.4 Å². The number of rotatable bonds is 7. The first-order valence-electron chi connectivity index (χ1n) is 7.08. The standard InChI is InChI=1S/C15H20N2O4/c18-14(11-17-9-4-7-13(17)15(19)20)16-8-10-21-12-5-2-1-3-6-12/h1-3,5-6,13H,4,7-11H2,(H,16,18)(H,19,20)/t13-/m0/s1. The van der Waals surface area contributed by atoms with E-state index in [1.165, 1.54) is 0 Å². The number of hydrogen-bond donors (Lipinski definition) is 2. The van der Waals surface area contributed by atoms with Crippen LogP contribution in [0.2, 0.25) is 0 Å². The smallest absolute Gasteiger partial charge is 0.320 e. The number of likely N-dealkylation sites (tertiary alicyclic amines) is 1. The van der Waals surface area contributed by atoms with E-state index in [0.717, 1.165) is 12.2 Å². The molecular formula is C15H20N2O4. The number of carbonyl (C=O) groups excluding carboxylic acids is 1. The van der Waals surface area contributed by atoms with Gasteiger partial charge in [-0.2, -0.15) is 0 Å². The van der Waals surface area contributed by atoms with Crippen LogP contribution in [0.25, 0.3) is 0 Å². The maximum absolute atomic E-state index is 11.8. The zero-order valence-corrected chi connectivity index (χ0v) is 11.8. The largest absolute Gasteiger partial charge is 0.492 e. The van der Waals surface area contributed by atoms with E-state index in [1.807, 2.05) is 30.3 Å². The number of benzene rings is 1. The third-order valence-corrected chi connectivity index (χ3v) is 3.43. The van der Waals surface area contributed by atoms with Gasteiger partial charge in [-0.05, 0) is 31.5 Å². The van der Waals surface area contributed by atoms with Crippen LogP contribution in [0.5, 0.6) is 5.75 Å². The number of carbonyl (C=O) groups is 2. The Labute approximate surface area is 123 Å². The lowest BCUT2D eigenvalue weighted by molar-refractivity contribution is -0.142. The second-order valence-electron chi connectivity index (χ2n) is 4.98. The molecule has 1 aromatic rings. The summed E-state index contributed by atoms with van der Waals surface area (Å²) >= 11 is 0. The molecule has 1 aliphatic heterocycles. The van der Waals surface area contributed by atoms with Crippen LogP contribution in [0, 0.1) is 0 Å². The predicted molar refractivity (Wildman–Crippen MR) is 77.2 cm³/mol. The molecule has 0 aromatic heterocycles. The van der Waals surface area contributed by atoms with E-state index in [1.54, 1.807) is 4.90 Å². The fourth-order valence-corrected chi connectivity index (χ4v) is 2.41. The van der Waals surface area contributed by atoms with Gasteiger partial charge in [0, 0.05) is 0 Å². The molecule has 1 amide bonds. The van der Waals surface area contributed by atoms with Crippen molar-refractivity contribution < 1.29 is 19.4 Å². The Bertz CT molecular complexity index is 478. The van der Waals surface area contributed by atoms with Gasteiger partial charge in [0.25, 0.3) is 0 Å². The van der Waals surface area contributed by atoms with Crippen molar-refractivity contribution in [1.82, 2.24) is 10.2 Å². The summed E-state index contributed by atoms with van der Waals surface area (Å²) in [5, 5.41) is 11.8. The topological polar surface area (TPSA) is 78.9 Å². The molecule has 2 N–H and O–H groups in total. The first-order valence-corrected chi connectivity index (χ1v) is 7.08. The molecule has 0 saturated carbocycles. The number of hydrogen-bond acceptors (Lipinski definition) is 4. The van der Waals surface area contributed by atoms with Gasteiger partial charge in [-0.15, -0.1) is 0 Å². The Balaban J connectivity index is 1.65. The molecule has 1 fully saturated rings. The Morgan fingerprint density at radius 2 is 2.10 bits per heavy atom. The van der Waals surface area contributed by atoms with Crippen molar-refractivity contribution in [1.29, 1.82) is 0 Å². The molecule has 1 heterocycles. The molecule has 6 nitrogen and oxygen atoms in total. The molecule has 21 heavy (non-hydrogen) atoms. The number of amides is 1. The lowest BCUT2D eigenvalue weighted by atomic mass is 10.2. The molecule has 6 heteroatoms. The normalized spacial score (nSPS) is 18.4. The summed E-state index contributed by atoms with van der Waals surface area (Å²) in [7, 11) is 0. The van der Waals surface area contributed by atoms with Gasteiger partial charge in [-0.3, -0.25) is 14.5 Å². The van der Waals surface area contributed by atoms with Crippen molar-refractivity contribution in [3.8, 4) is 5.75 Å².